The minimum atomic E-state index is 0.565. The highest BCUT2D eigenvalue weighted by Crippen LogP contribution is 2.38. The van der Waals surface area contributed by atoms with Gasteiger partial charge in [-0.1, -0.05) is 19.8 Å². The van der Waals surface area contributed by atoms with E-state index in [1.807, 2.05) is 25.5 Å². The second-order valence-electron chi connectivity index (χ2n) is 6.64. The standard InChI is InChI=1S/C19H27N3O/c1-3-10-22-19(8-9-21-22)18-7-5-4-6-16(18)14-23-17-11-15(2)12-20-13-17/h8-9,11-13,16,18H,3-7,10,14H2,1-2H3. The minimum Gasteiger partial charge on any atom is -0.492 e. The number of nitrogens with zero attached hydrogens (tertiary/aromatic N) is 3. The lowest BCUT2D eigenvalue weighted by atomic mass is 9.78. The van der Waals surface area contributed by atoms with E-state index in [1.165, 1.54) is 31.4 Å². The molecule has 0 amide bonds. The molecule has 0 aromatic carbocycles. The molecular formula is C19H27N3O. The highest BCUT2D eigenvalue weighted by Gasteiger charge is 2.29. The van der Waals surface area contributed by atoms with Crippen LogP contribution < -0.4 is 4.74 Å². The van der Waals surface area contributed by atoms with Crippen LogP contribution in [0.3, 0.4) is 0 Å². The maximum Gasteiger partial charge on any atom is 0.137 e. The Balaban J connectivity index is 1.70. The molecule has 4 nitrogen and oxygen atoms in total. The number of pyridine rings is 1. The fourth-order valence-corrected chi connectivity index (χ4v) is 3.66. The summed E-state index contributed by atoms with van der Waals surface area (Å²) >= 11 is 0. The Labute approximate surface area is 138 Å². The molecule has 0 radical (unpaired) electrons. The van der Waals surface area contributed by atoms with Crippen LogP contribution in [-0.2, 0) is 6.54 Å². The SMILES string of the molecule is CCCn1nccc1C1CCCCC1COc1cncc(C)c1. The molecule has 1 aliphatic carbocycles. The van der Waals surface area contributed by atoms with Crippen molar-refractivity contribution in [3.05, 3.63) is 42.0 Å². The smallest absolute Gasteiger partial charge is 0.137 e. The summed E-state index contributed by atoms with van der Waals surface area (Å²) in [5.74, 6) is 2.02. The molecule has 0 spiro atoms. The van der Waals surface area contributed by atoms with Gasteiger partial charge in [-0.15, -0.1) is 0 Å². The third-order valence-corrected chi connectivity index (χ3v) is 4.79. The van der Waals surface area contributed by atoms with Crippen molar-refractivity contribution in [3.63, 3.8) is 0 Å². The topological polar surface area (TPSA) is 39.9 Å². The van der Waals surface area contributed by atoms with Gasteiger partial charge in [0.15, 0.2) is 0 Å². The van der Waals surface area contributed by atoms with Gasteiger partial charge < -0.3 is 4.74 Å². The van der Waals surface area contributed by atoms with E-state index < -0.39 is 0 Å². The Hall–Kier alpha value is -1.84. The van der Waals surface area contributed by atoms with Crippen molar-refractivity contribution in [1.82, 2.24) is 14.8 Å². The van der Waals surface area contributed by atoms with Gasteiger partial charge in [0.2, 0.25) is 0 Å². The van der Waals surface area contributed by atoms with Crippen molar-refractivity contribution in [3.8, 4) is 5.75 Å². The van der Waals surface area contributed by atoms with Crippen LogP contribution in [0.2, 0.25) is 0 Å². The number of hydrogen-bond acceptors (Lipinski definition) is 3. The van der Waals surface area contributed by atoms with E-state index in [-0.39, 0.29) is 0 Å². The van der Waals surface area contributed by atoms with Crippen molar-refractivity contribution in [1.29, 1.82) is 0 Å². The van der Waals surface area contributed by atoms with Crippen LogP contribution >= 0.6 is 0 Å². The molecule has 0 aliphatic heterocycles. The maximum atomic E-state index is 6.06. The van der Waals surface area contributed by atoms with Gasteiger partial charge in [0.25, 0.3) is 0 Å². The molecule has 2 heterocycles. The molecule has 23 heavy (non-hydrogen) atoms. The van der Waals surface area contributed by atoms with E-state index in [2.05, 4.69) is 33.8 Å². The summed E-state index contributed by atoms with van der Waals surface area (Å²) in [4.78, 5) is 4.22. The van der Waals surface area contributed by atoms with E-state index in [0.717, 1.165) is 30.9 Å². The molecule has 1 saturated carbocycles. The van der Waals surface area contributed by atoms with Crippen LogP contribution in [0.1, 0.15) is 56.2 Å². The molecule has 2 aromatic rings. The largest absolute Gasteiger partial charge is 0.492 e. The Bertz CT molecular complexity index is 623. The van der Waals surface area contributed by atoms with Crippen LogP contribution in [0.5, 0.6) is 5.75 Å². The molecule has 2 unspecified atom stereocenters. The van der Waals surface area contributed by atoms with E-state index >= 15 is 0 Å². The number of aromatic nitrogens is 3. The first-order valence-electron chi connectivity index (χ1n) is 8.84. The van der Waals surface area contributed by atoms with Crippen molar-refractivity contribution in [2.75, 3.05) is 6.61 Å². The molecular weight excluding hydrogens is 286 g/mol. The van der Waals surface area contributed by atoms with Gasteiger partial charge in [0.05, 0.1) is 12.8 Å². The molecule has 2 atom stereocenters. The van der Waals surface area contributed by atoms with Gasteiger partial charge in [-0.3, -0.25) is 9.67 Å². The summed E-state index contributed by atoms with van der Waals surface area (Å²) in [6, 6.07) is 4.26. The summed E-state index contributed by atoms with van der Waals surface area (Å²) in [6.07, 6.45) is 11.8. The van der Waals surface area contributed by atoms with Crippen LogP contribution in [0.25, 0.3) is 0 Å². The van der Waals surface area contributed by atoms with Gasteiger partial charge in [-0.25, -0.2) is 0 Å². The lowest BCUT2D eigenvalue weighted by Gasteiger charge is -2.31. The minimum absolute atomic E-state index is 0.565. The summed E-state index contributed by atoms with van der Waals surface area (Å²) in [5.41, 5.74) is 2.53. The number of aryl methyl sites for hydroxylation is 2. The normalized spacial score (nSPS) is 21.3. The molecule has 0 bridgehead atoms. The molecule has 2 aromatic heterocycles. The van der Waals surface area contributed by atoms with E-state index in [1.54, 1.807) is 0 Å². The van der Waals surface area contributed by atoms with Crippen LogP contribution in [0.15, 0.2) is 30.7 Å². The lowest BCUT2D eigenvalue weighted by Crippen LogP contribution is -2.26. The Kier molecular flexibility index (Phi) is 5.31. The Morgan fingerprint density at radius 2 is 2.13 bits per heavy atom. The number of ether oxygens (including phenoxy) is 1. The quantitative estimate of drug-likeness (QED) is 0.796. The van der Waals surface area contributed by atoms with Gasteiger partial charge in [-0.05, 0) is 43.9 Å². The maximum absolute atomic E-state index is 6.06. The Morgan fingerprint density at radius 3 is 2.96 bits per heavy atom. The molecule has 1 fully saturated rings. The first-order valence-corrected chi connectivity index (χ1v) is 8.84. The molecule has 0 N–H and O–H groups in total. The summed E-state index contributed by atoms with van der Waals surface area (Å²) in [6.45, 7) is 6.03. The summed E-state index contributed by atoms with van der Waals surface area (Å²) in [7, 11) is 0. The van der Waals surface area contributed by atoms with Gasteiger partial charge >= 0.3 is 0 Å². The highest BCUT2D eigenvalue weighted by molar-refractivity contribution is 5.22. The predicted octanol–water partition coefficient (Wildman–Crippen LogP) is 4.35. The van der Waals surface area contributed by atoms with Crippen molar-refractivity contribution >= 4 is 0 Å². The first-order chi connectivity index (χ1) is 11.3. The van der Waals surface area contributed by atoms with Crippen molar-refractivity contribution in [2.24, 2.45) is 5.92 Å². The molecule has 0 saturated heterocycles. The fourth-order valence-electron chi connectivity index (χ4n) is 3.66. The average molecular weight is 313 g/mol. The zero-order chi connectivity index (χ0) is 16.1. The van der Waals surface area contributed by atoms with Gasteiger partial charge in [-0.2, -0.15) is 5.10 Å². The van der Waals surface area contributed by atoms with E-state index in [0.29, 0.717) is 11.8 Å². The lowest BCUT2D eigenvalue weighted by molar-refractivity contribution is 0.181. The second kappa shape index (κ2) is 7.62. The monoisotopic (exact) mass is 313 g/mol. The summed E-state index contributed by atoms with van der Waals surface area (Å²) in [5, 5.41) is 4.51. The molecule has 124 valence electrons. The van der Waals surface area contributed by atoms with Crippen molar-refractivity contribution in [2.45, 2.75) is 58.4 Å². The third kappa shape index (κ3) is 3.92. The number of hydrogen-bond donors (Lipinski definition) is 0. The molecule has 4 heteroatoms. The predicted molar refractivity (Wildman–Crippen MR) is 91.7 cm³/mol. The summed E-state index contributed by atoms with van der Waals surface area (Å²) < 4.78 is 8.25. The van der Waals surface area contributed by atoms with Crippen LogP contribution in [0, 0.1) is 12.8 Å². The van der Waals surface area contributed by atoms with Gasteiger partial charge in [0, 0.05) is 36.5 Å². The third-order valence-electron chi connectivity index (χ3n) is 4.79. The molecule has 1 aliphatic rings. The second-order valence-corrected chi connectivity index (χ2v) is 6.64. The fraction of sp³-hybridized carbons (Fsp3) is 0.579. The molecule has 3 rings (SSSR count). The van der Waals surface area contributed by atoms with Crippen molar-refractivity contribution < 1.29 is 4.74 Å². The highest BCUT2D eigenvalue weighted by atomic mass is 16.5. The first kappa shape index (κ1) is 16.0. The van der Waals surface area contributed by atoms with E-state index in [4.69, 9.17) is 4.74 Å². The van der Waals surface area contributed by atoms with Crippen LogP contribution in [0.4, 0.5) is 0 Å². The number of rotatable bonds is 6. The van der Waals surface area contributed by atoms with Crippen LogP contribution in [-0.4, -0.2) is 21.4 Å². The average Bonchev–Trinajstić information content (AvgIpc) is 3.02. The zero-order valence-corrected chi connectivity index (χ0v) is 14.2. The Morgan fingerprint density at radius 1 is 1.26 bits per heavy atom. The van der Waals surface area contributed by atoms with E-state index in [9.17, 15) is 0 Å². The zero-order valence-electron chi connectivity index (χ0n) is 14.2. The van der Waals surface area contributed by atoms with Gasteiger partial charge in [0.1, 0.15) is 5.75 Å².